The molecule has 4 rings (SSSR count). The predicted octanol–water partition coefficient (Wildman–Crippen LogP) is 0.893. The van der Waals surface area contributed by atoms with E-state index < -0.39 is 5.41 Å². The Balaban J connectivity index is 1.38. The number of hydrogen-bond acceptors (Lipinski definition) is 5. The first-order valence-corrected chi connectivity index (χ1v) is 9.59. The van der Waals surface area contributed by atoms with Crippen molar-refractivity contribution >= 4 is 11.8 Å². The SMILES string of the molecule is O=C(c1cn[nH]n1)N1CC(Cc2ccccc2)(C(=O)NCCCn2ccnc2)C1. The van der Waals surface area contributed by atoms with Gasteiger partial charge in [0.1, 0.15) is 0 Å². The molecule has 1 saturated heterocycles. The fourth-order valence-corrected chi connectivity index (χ4v) is 3.69. The maximum Gasteiger partial charge on any atom is 0.276 e. The number of nitrogens with zero attached hydrogens (tertiary/aromatic N) is 5. The van der Waals surface area contributed by atoms with Crippen LogP contribution >= 0.6 is 0 Å². The first kappa shape index (κ1) is 18.9. The van der Waals surface area contributed by atoms with Gasteiger partial charge in [-0.25, -0.2) is 4.98 Å². The Morgan fingerprint density at radius 1 is 1.21 bits per heavy atom. The van der Waals surface area contributed by atoms with Gasteiger partial charge in [0.2, 0.25) is 5.91 Å². The molecule has 0 saturated carbocycles. The van der Waals surface area contributed by atoms with Crippen LogP contribution in [0.5, 0.6) is 0 Å². The first-order valence-electron chi connectivity index (χ1n) is 9.59. The molecule has 9 nitrogen and oxygen atoms in total. The number of aromatic nitrogens is 5. The highest BCUT2D eigenvalue weighted by atomic mass is 16.2. The lowest BCUT2D eigenvalue weighted by atomic mass is 9.73. The number of rotatable bonds is 8. The zero-order valence-corrected chi connectivity index (χ0v) is 16.0. The van der Waals surface area contributed by atoms with E-state index in [2.05, 4.69) is 25.7 Å². The molecule has 0 atom stereocenters. The molecule has 0 spiro atoms. The van der Waals surface area contributed by atoms with Crippen LogP contribution in [0.15, 0.2) is 55.2 Å². The lowest BCUT2D eigenvalue weighted by Gasteiger charge is -2.48. The summed E-state index contributed by atoms with van der Waals surface area (Å²) >= 11 is 0. The zero-order chi connectivity index (χ0) is 20.1. The lowest BCUT2D eigenvalue weighted by Crippen LogP contribution is -2.65. The average molecular weight is 393 g/mol. The quantitative estimate of drug-likeness (QED) is 0.553. The number of benzene rings is 1. The molecule has 9 heteroatoms. The van der Waals surface area contributed by atoms with Gasteiger partial charge in [0, 0.05) is 38.6 Å². The van der Waals surface area contributed by atoms with Crippen LogP contribution in [0.3, 0.4) is 0 Å². The van der Waals surface area contributed by atoms with Crippen LogP contribution in [0.25, 0.3) is 0 Å². The number of aromatic amines is 1. The van der Waals surface area contributed by atoms with Gasteiger partial charge in [-0.2, -0.15) is 15.4 Å². The van der Waals surface area contributed by atoms with Crippen molar-refractivity contribution in [3.05, 3.63) is 66.5 Å². The maximum absolute atomic E-state index is 13.1. The van der Waals surface area contributed by atoms with E-state index in [1.165, 1.54) is 6.20 Å². The molecule has 0 unspecified atom stereocenters. The number of H-pyrrole nitrogens is 1. The van der Waals surface area contributed by atoms with Crippen molar-refractivity contribution in [1.29, 1.82) is 0 Å². The fraction of sp³-hybridized carbons (Fsp3) is 0.350. The van der Waals surface area contributed by atoms with Crippen molar-refractivity contribution in [2.75, 3.05) is 19.6 Å². The van der Waals surface area contributed by atoms with E-state index >= 15 is 0 Å². The van der Waals surface area contributed by atoms with Crippen molar-refractivity contribution in [3.8, 4) is 0 Å². The second-order valence-corrected chi connectivity index (χ2v) is 7.37. The molecule has 29 heavy (non-hydrogen) atoms. The summed E-state index contributed by atoms with van der Waals surface area (Å²) in [6.07, 6.45) is 8.20. The Hall–Kier alpha value is -3.49. The number of likely N-dealkylation sites (tertiary alicyclic amines) is 1. The Kier molecular flexibility index (Phi) is 5.37. The highest BCUT2D eigenvalue weighted by Gasteiger charge is 2.51. The van der Waals surface area contributed by atoms with Crippen molar-refractivity contribution < 1.29 is 9.59 Å². The Bertz CT molecular complexity index is 933. The van der Waals surface area contributed by atoms with E-state index in [9.17, 15) is 9.59 Å². The van der Waals surface area contributed by atoms with E-state index in [0.717, 1.165) is 18.5 Å². The summed E-state index contributed by atoms with van der Waals surface area (Å²) in [5, 5.41) is 13.0. The normalized spacial score (nSPS) is 15.0. The van der Waals surface area contributed by atoms with Gasteiger partial charge in [0.25, 0.3) is 5.91 Å². The summed E-state index contributed by atoms with van der Waals surface area (Å²) in [5.74, 6) is -0.230. The summed E-state index contributed by atoms with van der Waals surface area (Å²) in [6, 6.07) is 9.89. The minimum Gasteiger partial charge on any atom is -0.355 e. The molecule has 1 aliphatic heterocycles. The third kappa shape index (κ3) is 4.18. The Labute approximate surface area is 168 Å². The molecule has 0 radical (unpaired) electrons. The van der Waals surface area contributed by atoms with Crippen LogP contribution < -0.4 is 5.32 Å². The van der Waals surface area contributed by atoms with Gasteiger partial charge in [-0.15, -0.1) is 0 Å². The molecule has 2 amide bonds. The number of aryl methyl sites for hydroxylation is 1. The van der Waals surface area contributed by atoms with Gasteiger partial charge < -0.3 is 14.8 Å². The van der Waals surface area contributed by atoms with Gasteiger partial charge in [0.15, 0.2) is 5.69 Å². The van der Waals surface area contributed by atoms with Crippen molar-refractivity contribution in [2.45, 2.75) is 19.4 Å². The van der Waals surface area contributed by atoms with Gasteiger partial charge in [-0.1, -0.05) is 30.3 Å². The number of amides is 2. The van der Waals surface area contributed by atoms with Crippen LogP contribution in [0.1, 0.15) is 22.5 Å². The topological polar surface area (TPSA) is 109 Å². The number of carbonyl (C=O) groups excluding carboxylic acids is 2. The second kappa shape index (κ2) is 8.26. The van der Waals surface area contributed by atoms with Gasteiger partial charge in [0.05, 0.1) is 17.9 Å². The molecule has 0 bridgehead atoms. The van der Waals surface area contributed by atoms with Crippen molar-refractivity contribution in [2.24, 2.45) is 5.41 Å². The van der Waals surface area contributed by atoms with Crippen LogP contribution in [0.4, 0.5) is 0 Å². The second-order valence-electron chi connectivity index (χ2n) is 7.37. The van der Waals surface area contributed by atoms with E-state index in [1.54, 1.807) is 17.4 Å². The molecule has 1 aromatic carbocycles. The molecule has 0 aliphatic carbocycles. The molecule has 3 aromatic rings. The highest BCUT2D eigenvalue weighted by molar-refractivity contribution is 5.95. The molecule has 2 N–H and O–H groups in total. The third-order valence-corrected chi connectivity index (χ3v) is 5.21. The Morgan fingerprint density at radius 3 is 2.72 bits per heavy atom. The standard InChI is InChI=1S/C20H23N7O2/c28-18(17-12-23-25-24-17)27-13-20(14-27,11-16-5-2-1-3-6-16)19(29)22-7-4-9-26-10-8-21-15-26/h1-3,5-6,8,10,12,15H,4,7,9,11,13-14H2,(H,22,29)(H,23,24,25). The van der Waals surface area contributed by atoms with Crippen LogP contribution in [-0.2, 0) is 17.8 Å². The number of imidazole rings is 1. The summed E-state index contributed by atoms with van der Waals surface area (Å²) in [5.41, 5.74) is 0.712. The molecular weight excluding hydrogens is 370 g/mol. The monoisotopic (exact) mass is 393 g/mol. The van der Waals surface area contributed by atoms with Crippen LogP contribution in [-0.4, -0.2) is 61.3 Å². The summed E-state index contributed by atoms with van der Waals surface area (Å²) in [6.45, 7) is 2.09. The van der Waals surface area contributed by atoms with Crippen molar-refractivity contribution in [3.63, 3.8) is 0 Å². The van der Waals surface area contributed by atoms with E-state index in [-0.39, 0.29) is 17.5 Å². The van der Waals surface area contributed by atoms with Crippen LogP contribution in [0.2, 0.25) is 0 Å². The Morgan fingerprint density at radius 2 is 2.03 bits per heavy atom. The molecular formula is C20H23N7O2. The largest absolute Gasteiger partial charge is 0.355 e. The third-order valence-electron chi connectivity index (χ3n) is 5.21. The van der Waals surface area contributed by atoms with Crippen molar-refractivity contribution in [1.82, 2.24) is 35.2 Å². The predicted molar refractivity (Wildman–Crippen MR) is 105 cm³/mol. The van der Waals surface area contributed by atoms with Gasteiger partial charge in [-0.3, -0.25) is 9.59 Å². The van der Waals surface area contributed by atoms with E-state index in [1.807, 2.05) is 41.1 Å². The van der Waals surface area contributed by atoms with Gasteiger partial charge >= 0.3 is 0 Å². The van der Waals surface area contributed by atoms with Gasteiger partial charge in [-0.05, 0) is 18.4 Å². The smallest absolute Gasteiger partial charge is 0.276 e. The summed E-state index contributed by atoms with van der Waals surface area (Å²) in [4.78, 5) is 31.2. The molecule has 3 heterocycles. The minimum atomic E-state index is -0.629. The first-order chi connectivity index (χ1) is 14.2. The fourth-order valence-electron chi connectivity index (χ4n) is 3.69. The van der Waals surface area contributed by atoms with Crippen LogP contribution in [0, 0.1) is 5.41 Å². The molecule has 2 aromatic heterocycles. The highest BCUT2D eigenvalue weighted by Crippen LogP contribution is 2.35. The molecule has 1 aliphatic rings. The lowest BCUT2D eigenvalue weighted by molar-refractivity contribution is -0.139. The maximum atomic E-state index is 13.1. The molecule has 150 valence electrons. The van der Waals surface area contributed by atoms with E-state index in [4.69, 9.17) is 0 Å². The van der Waals surface area contributed by atoms with E-state index in [0.29, 0.717) is 26.1 Å². The summed E-state index contributed by atoms with van der Waals surface area (Å²) in [7, 11) is 0. The number of carbonyl (C=O) groups is 2. The average Bonchev–Trinajstić information content (AvgIpc) is 3.42. The zero-order valence-electron chi connectivity index (χ0n) is 16.0. The number of nitrogens with one attached hydrogen (secondary N) is 2. The molecule has 1 fully saturated rings. The number of hydrogen-bond donors (Lipinski definition) is 2. The summed E-state index contributed by atoms with van der Waals surface area (Å²) < 4.78 is 1.98. The minimum absolute atomic E-state index is 0.0174.